The molecule has 3 heterocycles. The van der Waals surface area contributed by atoms with Gasteiger partial charge in [-0.15, -0.1) is 0 Å². The van der Waals surface area contributed by atoms with Crippen molar-refractivity contribution in [3.8, 4) is 6.07 Å². The first kappa shape index (κ1) is 26.0. The number of pyridine rings is 1. The van der Waals surface area contributed by atoms with Crippen LogP contribution >= 0.6 is 0 Å². The Kier molecular flexibility index (Phi) is 6.14. The number of urea groups is 1. The molecule has 2 fully saturated rings. The highest BCUT2D eigenvalue weighted by Gasteiger charge is 2.53. The highest BCUT2D eigenvalue weighted by Crippen LogP contribution is 2.54. The molecule has 11 heteroatoms. The minimum atomic E-state index is -3.52. The standard InChI is InChI=1S/C27H32N6O4S/c1-18(8-12-28)30-23-14-19(9-13-29-23)16-31-25(35)33(24(34)26(31,2)3)20-6-7-21-22(15-20)32(38(4,36)37)17-27(21)10-5-11-27/h6-7,9,13-15,18H,5,8,10-11,16-17H2,1-4H3,(H,29,30)/t18-/m0/s1. The summed E-state index contributed by atoms with van der Waals surface area (Å²) >= 11 is 0. The number of fused-ring (bicyclic) bond motifs is 2. The van der Waals surface area contributed by atoms with Crippen molar-refractivity contribution >= 4 is 39.2 Å². The van der Waals surface area contributed by atoms with Crippen molar-refractivity contribution in [3.05, 3.63) is 47.7 Å². The van der Waals surface area contributed by atoms with E-state index in [0.29, 0.717) is 30.2 Å². The van der Waals surface area contributed by atoms with Crippen LogP contribution < -0.4 is 14.5 Å². The number of anilines is 3. The van der Waals surface area contributed by atoms with Gasteiger partial charge < -0.3 is 10.2 Å². The van der Waals surface area contributed by atoms with Gasteiger partial charge in [-0.05, 0) is 69.0 Å². The highest BCUT2D eigenvalue weighted by atomic mass is 32.2. The quantitative estimate of drug-likeness (QED) is 0.534. The van der Waals surface area contributed by atoms with Crippen LogP contribution in [0.3, 0.4) is 0 Å². The van der Waals surface area contributed by atoms with Crippen LogP contribution in [0.4, 0.5) is 22.0 Å². The average Bonchev–Trinajstić information content (AvgIpc) is 3.25. The molecule has 5 rings (SSSR count). The molecule has 2 aliphatic heterocycles. The molecule has 10 nitrogen and oxygen atoms in total. The molecule has 38 heavy (non-hydrogen) atoms. The first-order valence-corrected chi connectivity index (χ1v) is 14.6. The lowest BCUT2D eigenvalue weighted by atomic mass is 9.66. The molecule has 1 saturated heterocycles. The van der Waals surface area contributed by atoms with Gasteiger partial charge in [-0.3, -0.25) is 9.10 Å². The molecule has 0 unspecified atom stereocenters. The van der Waals surface area contributed by atoms with Gasteiger partial charge in [0.15, 0.2) is 0 Å². The Hall–Kier alpha value is -3.65. The molecule has 1 saturated carbocycles. The number of benzene rings is 1. The summed E-state index contributed by atoms with van der Waals surface area (Å²) in [6.45, 7) is 5.89. The number of amides is 3. The lowest BCUT2D eigenvalue weighted by Gasteiger charge is -2.38. The van der Waals surface area contributed by atoms with Crippen molar-refractivity contribution in [1.29, 1.82) is 5.26 Å². The number of rotatable bonds is 7. The second-order valence-electron chi connectivity index (χ2n) is 11.1. The molecule has 3 amide bonds. The van der Waals surface area contributed by atoms with Crippen LogP contribution in [0.5, 0.6) is 0 Å². The van der Waals surface area contributed by atoms with E-state index in [2.05, 4.69) is 16.4 Å². The van der Waals surface area contributed by atoms with E-state index in [4.69, 9.17) is 5.26 Å². The van der Waals surface area contributed by atoms with Gasteiger partial charge in [-0.25, -0.2) is 23.1 Å². The van der Waals surface area contributed by atoms with Crippen LogP contribution in [0, 0.1) is 11.3 Å². The molecule has 1 aliphatic carbocycles. The van der Waals surface area contributed by atoms with Crippen molar-refractivity contribution < 1.29 is 18.0 Å². The predicted octanol–water partition coefficient (Wildman–Crippen LogP) is 3.74. The number of imide groups is 1. The molecule has 0 radical (unpaired) electrons. The zero-order valence-electron chi connectivity index (χ0n) is 22.1. The monoisotopic (exact) mass is 536 g/mol. The predicted molar refractivity (Wildman–Crippen MR) is 144 cm³/mol. The normalized spacial score (nSPS) is 20.3. The molecule has 1 aromatic carbocycles. The van der Waals surface area contributed by atoms with E-state index in [1.165, 1.54) is 15.5 Å². The SMILES string of the molecule is C[C@@H](CC#N)Nc1cc(CN2C(=O)N(c3ccc4c(c3)N(S(C)(=O)=O)CC43CCC3)C(=O)C2(C)C)ccn1. The lowest BCUT2D eigenvalue weighted by Crippen LogP contribution is -2.43. The molecular weight excluding hydrogens is 504 g/mol. The van der Waals surface area contributed by atoms with Crippen molar-refractivity contribution in [3.63, 3.8) is 0 Å². The van der Waals surface area contributed by atoms with Crippen molar-refractivity contribution in [2.75, 3.05) is 27.3 Å². The third-order valence-electron chi connectivity index (χ3n) is 8.02. The number of hydrogen-bond donors (Lipinski definition) is 1. The number of carbonyl (C=O) groups excluding carboxylic acids is 2. The minimum Gasteiger partial charge on any atom is -0.367 e. The third-order valence-corrected chi connectivity index (χ3v) is 9.14. The summed E-state index contributed by atoms with van der Waals surface area (Å²) in [5, 5.41) is 12.1. The fraction of sp³-hybridized carbons (Fsp3) is 0.481. The van der Waals surface area contributed by atoms with Crippen LogP contribution in [-0.4, -0.2) is 54.6 Å². The Bertz CT molecular complexity index is 1460. The maximum Gasteiger partial charge on any atom is 0.332 e. The molecule has 2 aromatic rings. The van der Waals surface area contributed by atoms with Gasteiger partial charge in [0.2, 0.25) is 10.0 Å². The van der Waals surface area contributed by atoms with Crippen LogP contribution in [0.1, 0.15) is 57.6 Å². The Labute approximate surface area is 223 Å². The van der Waals surface area contributed by atoms with Gasteiger partial charge in [0.25, 0.3) is 5.91 Å². The summed E-state index contributed by atoms with van der Waals surface area (Å²) in [6.07, 6.45) is 6.04. The third kappa shape index (κ3) is 4.17. The summed E-state index contributed by atoms with van der Waals surface area (Å²) in [5.74, 6) is 0.210. The average molecular weight is 537 g/mol. The van der Waals surface area contributed by atoms with Crippen LogP contribution in [-0.2, 0) is 26.8 Å². The first-order chi connectivity index (χ1) is 17.9. The molecule has 1 spiro atoms. The molecular formula is C27H32N6O4S. The van der Waals surface area contributed by atoms with Gasteiger partial charge in [-0.2, -0.15) is 5.26 Å². The molecule has 3 aliphatic rings. The van der Waals surface area contributed by atoms with Gasteiger partial charge in [0, 0.05) is 30.7 Å². The number of carbonyl (C=O) groups is 2. The van der Waals surface area contributed by atoms with E-state index in [1.807, 2.05) is 19.1 Å². The Balaban J connectivity index is 1.45. The molecule has 0 bridgehead atoms. The van der Waals surface area contributed by atoms with Crippen LogP contribution in [0.15, 0.2) is 36.5 Å². The first-order valence-electron chi connectivity index (χ1n) is 12.7. The number of hydrogen-bond acceptors (Lipinski definition) is 7. The van der Waals surface area contributed by atoms with E-state index < -0.39 is 21.6 Å². The van der Waals surface area contributed by atoms with Gasteiger partial charge >= 0.3 is 6.03 Å². The van der Waals surface area contributed by atoms with Crippen molar-refractivity contribution in [2.24, 2.45) is 0 Å². The highest BCUT2D eigenvalue weighted by molar-refractivity contribution is 7.92. The van der Waals surface area contributed by atoms with E-state index in [-0.39, 0.29) is 23.9 Å². The van der Waals surface area contributed by atoms with Crippen LogP contribution in [0.2, 0.25) is 0 Å². The number of aromatic nitrogens is 1. The number of nitrogens with zero attached hydrogens (tertiary/aromatic N) is 5. The zero-order chi connectivity index (χ0) is 27.5. The smallest absolute Gasteiger partial charge is 0.332 e. The number of sulfonamides is 1. The van der Waals surface area contributed by atoms with Gasteiger partial charge in [-0.1, -0.05) is 12.5 Å². The second-order valence-corrected chi connectivity index (χ2v) is 13.0. The van der Waals surface area contributed by atoms with E-state index in [1.54, 1.807) is 38.2 Å². The van der Waals surface area contributed by atoms with Crippen LogP contribution in [0.25, 0.3) is 0 Å². The molecule has 1 atom stereocenters. The number of nitriles is 1. The summed E-state index contributed by atoms with van der Waals surface area (Å²) in [4.78, 5) is 34.2. The van der Waals surface area contributed by atoms with E-state index >= 15 is 0 Å². The topological polar surface area (TPSA) is 127 Å². The van der Waals surface area contributed by atoms with E-state index in [0.717, 1.165) is 35.3 Å². The summed E-state index contributed by atoms with van der Waals surface area (Å²) in [6, 6.07) is 10.5. The maximum absolute atomic E-state index is 13.7. The molecule has 200 valence electrons. The second kappa shape index (κ2) is 8.98. The minimum absolute atomic E-state index is 0.0879. The van der Waals surface area contributed by atoms with E-state index in [9.17, 15) is 18.0 Å². The Morgan fingerprint density at radius 1 is 1.18 bits per heavy atom. The summed E-state index contributed by atoms with van der Waals surface area (Å²) in [7, 11) is -3.52. The molecule has 1 N–H and O–H groups in total. The molecule has 1 aromatic heterocycles. The largest absolute Gasteiger partial charge is 0.367 e. The van der Waals surface area contributed by atoms with Gasteiger partial charge in [0.1, 0.15) is 11.4 Å². The zero-order valence-corrected chi connectivity index (χ0v) is 22.9. The van der Waals surface area contributed by atoms with Gasteiger partial charge in [0.05, 0.1) is 30.1 Å². The Morgan fingerprint density at radius 3 is 2.55 bits per heavy atom. The number of nitrogens with one attached hydrogen (secondary N) is 1. The summed E-state index contributed by atoms with van der Waals surface area (Å²) in [5.41, 5.74) is 1.37. The fourth-order valence-corrected chi connectivity index (χ4v) is 6.68. The summed E-state index contributed by atoms with van der Waals surface area (Å²) < 4.78 is 26.7. The van der Waals surface area contributed by atoms with Crippen molar-refractivity contribution in [1.82, 2.24) is 9.88 Å². The Morgan fingerprint density at radius 2 is 1.92 bits per heavy atom. The lowest BCUT2D eigenvalue weighted by molar-refractivity contribution is -0.123. The van der Waals surface area contributed by atoms with Crippen molar-refractivity contribution in [2.45, 2.75) is 70.0 Å². The maximum atomic E-state index is 13.7. The fourth-order valence-electron chi connectivity index (χ4n) is 5.69.